The second-order valence-electron chi connectivity index (χ2n) is 5.16. The predicted octanol–water partition coefficient (Wildman–Crippen LogP) is 1.96. The van der Waals surface area contributed by atoms with Crippen molar-refractivity contribution in [2.45, 2.75) is 25.4 Å². The maximum Gasteiger partial charge on any atom is 0.360 e. The predicted molar refractivity (Wildman–Crippen MR) is 79.2 cm³/mol. The summed E-state index contributed by atoms with van der Waals surface area (Å²) in [6.45, 7) is 3.10. The lowest BCUT2D eigenvalue weighted by Crippen LogP contribution is -2.34. The molecule has 3 rings (SSSR count). The maximum atomic E-state index is 11.4. The summed E-state index contributed by atoms with van der Waals surface area (Å²) in [5.74, 6) is -0.434. The summed E-state index contributed by atoms with van der Waals surface area (Å²) < 4.78 is 6.45. The minimum Gasteiger partial charge on any atom is -0.464 e. The summed E-state index contributed by atoms with van der Waals surface area (Å²) in [6.07, 6.45) is 3.73. The summed E-state index contributed by atoms with van der Waals surface area (Å²) in [6, 6.07) is 4.59. The molecule has 0 N–H and O–H groups in total. The van der Waals surface area contributed by atoms with Crippen LogP contribution >= 0.6 is 11.3 Å². The average molecular weight is 306 g/mol. The summed E-state index contributed by atoms with van der Waals surface area (Å²) in [5.41, 5.74) is 0.276. The van der Waals surface area contributed by atoms with Gasteiger partial charge >= 0.3 is 5.97 Å². The molecule has 1 aliphatic rings. The van der Waals surface area contributed by atoms with E-state index < -0.39 is 5.97 Å². The molecule has 1 aliphatic heterocycles. The van der Waals surface area contributed by atoms with E-state index >= 15 is 0 Å². The standard InChI is InChI=1S/C14H18N4O2S/c1-20-14(19)13-10-18(16-15-13)11-4-6-17(7-5-11)9-12-3-2-8-21-12/h2-3,8,10-11H,4-7,9H2,1H3. The molecule has 0 spiro atoms. The number of ether oxygens (including phenoxy) is 1. The minimum atomic E-state index is -0.434. The van der Waals surface area contributed by atoms with Gasteiger partial charge in [0.2, 0.25) is 0 Å². The van der Waals surface area contributed by atoms with Gasteiger partial charge < -0.3 is 4.74 Å². The molecule has 0 bridgehead atoms. The molecule has 2 aromatic heterocycles. The molecule has 0 aromatic carbocycles. The van der Waals surface area contributed by atoms with Crippen molar-refractivity contribution < 1.29 is 9.53 Å². The first-order valence-electron chi connectivity index (χ1n) is 7.01. The Morgan fingerprint density at radius 1 is 1.48 bits per heavy atom. The third-order valence-electron chi connectivity index (χ3n) is 3.80. The van der Waals surface area contributed by atoms with Crippen molar-refractivity contribution in [1.82, 2.24) is 19.9 Å². The molecule has 0 unspecified atom stereocenters. The number of carbonyl (C=O) groups is 1. The third kappa shape index (κ3) is 3.30. The Bertz CT molecular complexity index is 588. The van der Waals surface area contributed by atoms with Gasteiger partial charge in [-0.2, -0.15) is 0 Å². The van der Waals surface area contributed by atoms with Crippen LogP contribution in [0.5, 0.6) is 0 Å². The number of esters is 1. The number of hydrogen-bond acceptors (Lipinski definition) is 6. The lowest BCUT2D eigenvalue weighted by Gasteiger charge is -2.31. The van der Waals surface area contributed by atoms with Crippen LogP contribution in [-0.2, 0) is 11.3 Å². The van der Waals surface area contributed by atoms with Crippen LogP contribution in [0.4, 0.5) is 0 Å². The van der Waals surface area contributed by atoms with Crippen LogP contribution in [0.1, 0.15) is 34.2 Å². The zero-order valence-corrected chi connectivity index (χ0v) is 12.8. The Labute approximate surface area is 127 Å². The van der Waals surface area contributed by atoms with Gasteiger partial charge in [-0.1, -0.05) is 11.3 Å². The Balaban J connectivity index is 1.55. The number of rotatable bonds is 4. The van der Waals surface area contributed by atoms with Gasteiger partial charge in [-0.15, -0.1) is 16.4 Å². The van der Waals surface area contributed by atoms with Gasteiger partial charge in [0.05, 0.1) is 19.3 Å². The van der Waals surface area contributed by atoms with E-state index in [1.165, 1.54) is 12.0 Å². The summed E-state index contributed by atoms with van der Waals surface area (Å²) in [4.78, 5) is 15.3. The zero-order chi connectivity index (χ0) is 14.7. The topological polar surface area (TPSA) is 60.2 Å². The molecule has 21 heavy (non-hydrogen) atoms. The van der Waals surface area contributed by atoms with E-state index in [4.69, 9.17) is 0 Å². The van der Waals surface area contributed by atoms with E-state index in [-0.39, 0.29) is 5.69 Å². The summed E-state index contributed by atoms with van der Waals surface area (Å²) >= 11 is 1.80. The normalized spacial score (nSPS) is 17.0. The van der Waals surface area contributed by atoms with Gasteiger partial charge in [-0.25, -0.2) is 9.48 Å². The lowest BCUT2D eigenvalue weighted by molar-refractivity contribution is 0.0594. The largest absolute Gasteiger partial charge is 0.464 e. The number of methoxy groups -OCH3 is 1. The van der Waals surface area contributed by atoms with Crippen molar-refractivity contribution in [3.63, 3.8) is 0 Å². The highest BCUT2D eigenvalue weighted by atomic mass is 32.1. The van der Waals surface area contributed by atoms with Crippen LogP contribution < -0.4 is 0 Å². The second-order valence-corrected chi connectivity index (χ2v) is 6.19. The molecule has 0 radical (unpaired) electrons. The van der Waals surface area contributed by atoms with Crippen LogP contribution in [-0.4, -0.2) is 46.1 Å². The highest BCUT2D eigenvalue weighted by Gasteiger charge is 2.23. The molecule has 1 saturated heterocycles. The molecule has 0 atom stereocenters. The van der Waals surface area contributed by atoms with E-state index in [0.717, 1.165) is 32.5 Å². The van der Waals surface area contributed by atoms with Crippen molar-refractivity contribution in [1.29, 1.82) is 0 Å². The number of likely N-dealkylation sites (tertiary alicyclic amines) is 1. The zero-order valence-electron chi connectivity index (χ0n) is 11.9. The van der Waals surface area contributed by atoms with E-state index in [0.29, 0.717) is 6.04 Å². The monoisotopic (exact) mass is 306 g/mol. The first kappa shape index (κ1) is 14.2. The van der Waals surface area contributed by atoms with Crippen LogP contribution in [0.3, 0.4) is 0 Å². The van der Waals surface area contributed by atoms with Gasteiger partial charge in [0.25, 0.3) is 0 Å². The van der Waals surface area contributed by atoms with Crippen molar-refractivity contribution in [2.75, 3.05) is 20.2 Å². The molecule has 7 heteroatoms. The Morgan fingerprint density at radius 3 is 2.95 bits per heavy atom. The maximum absolute atomic E-state index is 11.4. The quantitative estimate of drug-likeness (QED) is 0.808. The van der Waals surface area contributed by atoms with Crippen molar-refractivity contribution >= 4 is 17.3 Å². The van der Waals surface area contributed by atoms with E-state index in [1.807, 2.05) is 0 Å². The highest BCUT2D eigenvalue weighted by molar-refractivity contribution is 7.09. The minimum absolute atomic E-state index is 0.276. The molecule has 112 valence electrons. The highest BCUT2D eigenvalue weighted by Crippen LogP contribution is 2.23. The Kier molecular flexibility index (Phi) is 4.31. The number of piperidine rings is 1. The molecule has 2 aromatic rings. The first-order chi connectivity index (χ1) is 10.3. The fraction of sp³-hybridized carbons (Fsp3) is 0.500. The van der Waals surface area contributed by atoms with Crippen molar-refractivity contribution in [3.8, 4) is 0 Å². The first-order valence-corrected chi connectivity index (χ1v) is 7.89. The van der Waals surface area contributed by atoms with E-state index in [2.05, 4.69) is 37.5 Å². The van der Waals surface area contributed by atoms with Crippen LogP contribution in [0.2, 0.25) is 0 Å². The van der Waals surface area contributed by atoms with Gasteiger partial charge in [-0.05, 0) is 24.3 Å². The summed E-state index contributed by atoms with van der Waals surface area (Å²) in [5, 5.41) is 10.0. The third-order valence-corrected chi connectivity index (χ3v) is 4.66. The fourth-order valence-electron chi connectivity index (χ4n) is 2.62. The summed E-state index contributed by atoms with van der Waals surface area (Å²) in [7, 11) is 1.35. The molecule has 0 saturated carbocycles. The van der Waals surface area contributed by atoms with Crippen molar-refractivity contribution in [3.05, 3.63) is 34.3 Å². The number of hydrogen-bond donors (Lipinski definition) is 0. The average Bonchev–Trinajstić information content (AvgIpc) is 3.18. The van der Waals surface area contributed by atoms with Crippen LogP contribution in [0, 0.1) is 0 Å². The van der Waals surface area contributed by atoms with Crippen LogP contribution in [0.25, 0.3) is 0 Å². The molecule has 3 heterocycles. The molecule has 6 nitrogen and oxygen atoms in total. The number of nitrogens with zero attached hydrogens (tertiary/aromatic N) is 4. The second kappa shape index (κ2) is 6.36. The molecule has 0 aliphatic carbocycles. The van der Waals surface area contributed by atoms with Gasteiger partial charge in [-0.3, -0.25) is 4.90 Å². The molecule has 1 fully saturated rings. The van der Waals surface area contributed by atoms with Gasteiger partial charge in [0, 0.05) is 24.5 Å². The van der Waals surface area contributed by atoms with Crippen LogP contribution in [0.15, 0.2) is 23.7 Å². The van der Waals surface area contributed by atoms with E-state index in [9.17, 15) is 4.79 Å². The number of thiophene rings is 1. The van der Waals surface area contributed by atoms with Crippen molar-refractivity contribution in [2.24, 2.45) is 0 Å². The Hall–Kier alpha value is -1.73. The van der Waals surface area contributed by atoms with Gasteiger partial charge in [0.1, 0.15) is 0 Å². The SMILES string of the molecule is COC(=O)c1cn(C2CCN(Cc3cccs3)CC2)nn1. The lowest BCUT2D eigenvalue weighted by atomic mass is 10.1. The Morgan fingerprint density at radius 2 is 2.29 bits per heavy atom. The van der Waals surface area contributed by atoms with Gasteiger partial charge in [0.15, 0.2) is 5.69 Å². The fourth-order valence-corrected chi connectivity index (χ4v) is 3.36. The molecule has 0 amide bonds. The molecular weight excluding hydrogens is 288 g/mol. The number of carbonyl (C=O) groups excluding carboxylic acids is 1. The number of aromatic nitrogens is 3. The smallest absolute Gasteiger partial charge is 0.360 e. The molecular formula is C14H18N4O2S. The van der Waals surface area contributed by atoms with E-state index in [1.54, 1.807) is 22.2 Å².